The van der Waals surface area contributed by atoms with Crippen molar-refractivity contribution in [3.63, 3.8) is 0 Å². The summed E-state index contributed by atoms with van der Waals surface area (Å²) in [5.41, 5.74) is 1.56. The number of hydrogen-bond acceptors (Lipinski definition) is 12. The zero-order valence-electron chi connectivity index (χ0n) is 42.1. The average Bonchev–Trinajstić information content (AvgIpc) is 3.33. The standard InChI is InChI=1S/C52H72N8O12/c1-9-29(6)41-50(70)56-39(24-32-13-11-10-12-14-32)48(68)55-38(25-33-15-19-35(62)20-16-33)47(67)54-37(23-27(2)3)46(66)53-30(7)45(65)59-42(31(8)61)51(71)57-40(26-34-17-21-36(63)22-18-34)49(69)60-43(52(72)58-41)44(64)28(4)5/h10-22,27-31,37-44,61-64H,9,23-26H2,1-8H3,(H,53,66)(H,54,67)(H,55,68)(H,56,70)(H,57,71)(H,58,72)(H,59,65)(H,60,69)/t29-,30+,31-,37-,38-,39-,40-,41-,42-,43+,44?/m0/s1. The number of aliphatic hydroxyl groups excluding tert-OH is 2. The highest BCUT2D eigenvalue weighted by atomic mass is 16.3. The van der Waals surface area contributed by atoms with E-state index in [2.05, 4.69) is 42.5 Å². The molecule has 20 heteroatoms. The van der Waals surface area contributed by atoms with Gasteiger partial charge in [-0.2, -0.15) is 0 Å². The highest BCUT2D eigenvalue weighted by Crippen LogP contribution is 2.17. The molecule has 1 aliphatic rings. The summed E-state index contributed by atoms with van der Waals surface area (Å²) < 4.78 is 0. The average molecular weight is 1000 g/mol. The van der Waals surface area contributed by atoms with Gasteiger partial charge in [0.2, 0.25) is 47.3 Å². The molecule has 12 N–H and O–H groups in total. The van der Waals surface area contributed by atoms with E-state index in [1.807, 2.05) is 0 Å². The highest BCUT2D eigenvalue weighted by molar-refractivity contribution is 5.99. The van der Waals surface area contributed by atoms with E-state index in [0.717, 1.165) is 0 Å². The number of phenols is 2. The van der Waals surface area contributed by atoms with Crippen LogP contribution in [0.25, 0.3) is 0 Å². The van der Waals surface area contributed by atoms with Crippen LogP contribution in [0.15, 0.2) is 78.9 Å². The molecule has 392 valence electrons. The number of amides is 8. The molecule has 0 aliphatic carbocycles. The second-order valence-electron chi connectivity index (χ2n) is 19.4. The van der Waals surface area contributed by atoms with Crippen LogP contribution in [0.3, 0.4) is 0 Å². The molecule has 8 amide bonds. The first-order valence-electron chi connectivity index (χ1n) is 24.4. The van der Waals surface area contributed by atoms with Gasteiger partial charge in [0.15, 0.2) is 0 Å². The summed E-state index contributed by atoms with van der Waals surface area (Å²) in [5, 5.41) is 63.3. The highest BCUT2D eigenvalue weighted by Gasteiger charge is 2.39. The second-order valence-corrected chi connectivity index (χ2v) is 19.4. The molecule has 0 spiro atoms. The van der Waals surface area contributed by atoms with Crippen LogP contribution in [0.1, 0.15) is 84.9 Å². The molecule has 11 atom stereocenters. The molecule has 0 aromatic heterocycles. The van der Waals surface area contributed by atoms with Crippen molar-refractivity contribution in [2.24, 2.45) is 17.8 Å². The molecule has 1 unspecified atom stereocenters. The van der Waals surface area contributed by atoms with Gasteiger partial charge in [-0.25, -0.2) is 0 Å². The smallest absolute Gasteiger partial charge is 0.245 e. The Morgan fingerprint density at radius 3 is 1.26 bits per heavy atom. The van der Waals surface area contributed by atoms with E-state index in [4.69, 9.17) is 0 Å². The maximum Gasteiger partial charge on any atom is 0.245 e. The SMILES string of the molecule is CC[C@H](C)[C@@H]1NC(=O)[C@@H](C(O)C(C)C)NC(=O)[C@H](Cc2ccc(O)cc2)NC(=O)[C@H]([C@H](C)O)NC(=O)[C@@H](C)NC(=O)[C@H](CC(C)C)NC(=O)[C@H](Cc2ccc(O)cc2)NC(=O)[C@H](Cc2ccccc2)NC1=O. The van der Waals surface area contributed by atoms with Gasteiger partial charge >= 0.3 is 0 Å². The van der Waals surface area contributed by atoms with E-state index in [1.165, 1.54) is 50.2 Å². The van der Waals surface area contributed by atoms with Crippen molar-refractivity contribution in [2.75, 3.05) is 0 Å². The summed E-state index contributed by atoms with van der Waals surface area (Å²) in [7, 11) is 0. The molecule has 3 aromatic carbocycles. The first-order valence-corrected chi connectivity index (χ1v) is 24.4. The fourth-order valence-electron chi connectivity index (χ4n) is 7.94. The molecule has 4 rings (SSSR count). The molecule has 0 saturated carbocycles. The normalized spacial score (nSPS) is 25.0. The lowest BCUT2D eigenvalue weighted by molar-refractivity contribution is -0.139. The van der Waals surface area contributed by atoms with Gasteiger partial charge in [0.1, 0.15) is 59.8 Å². The fraction of sp³-hybridized carbons (Fsp3) is 0.500. The molecule has 72 heavy (non-hydrogen) atoms. The third-order valence-electron chi connectivity index (χ3n) is 12.5. The lowest BCUT2D eigenvalue weighted by Gasteiger charge is -2.32. The monoisotopic (exact) mass is 1000 g/mol. The summed E-state index contributed by atoms with van der Waals surface area (Å²) in [4.78, 5) is 114. The van der Waals surface area contributed by atoms with Gasteiger partial charge in [0, 0.05) is 19.3 Å². The van der Waals surface area contributed by atoms with Gasteiger partial charge < -0.3 is 63.0 Å². The summed E-state index contributed by atoms with van der Waals surface area (Å²) in [6.07, 6.45) is -3.21. The Kier molecular flexibility index (Phi) is 21.5. The Balaban J connectivity index is 1.87. The molecule has 0 bridgehead atoms. The van der Waals surface area contributed by atoms with E-state index in [9.17, 15) is 58.8 Å². The lowest BCUT2D eigenvalue weighted by atomic mass is 9.94. The van der Waals surface area contributed by atoms with Crippen LogP contribution in [-0.4, -0.2) is 128 Å². The number of aromatic hydroxyl groups is 2. The Bertz CT molecular complexity index is 2330. The molecule has 0 radical (unpaired) electrons. The molecular formula is C52H72N8O12. The van der Waals surface area contributed by atoms with Gasteiger partial charge in [-0.15, -0.1) is 0 Å². The van der Waals surface area contributed by atoms with Crippen molar-refractivity contribution >= 4 is 47.3 Å². The zero-order chi connectivity index (χ0) is 53.4. The lowest BCUT2D eigenvalue weighted by Crippen LogP contribution is -2.64. The minimum Gasteiger partial charge on any atom is -0.508 e. The van der Waals surface area contributed by atoms with Crippen molar-refractivity contribution < 1.29 is 58.8 Å². The van der Waals surface area contributed by atoms with Crippen molar-refractivity contribution in [1.82, 2.24) is 42.5 Å². The Morgan fingerprint density at radius 2 is 0.819 bits per heavy atom. The maximum atomic E-state index is 14.6. The molecule has 1 saturated heterocycles. The number of carbonyl (C=O) groups is 8. The van der Waals surface area contributed by atoms with Gasteiger partial charge in [-0.1, -0.05) is 103 Å². The fourth-order valence-corrected chi connectivity index (χ4v) is 7.94. The molecule has 3 aromatic rings. The molecule has 1 heterocycles. The van der Waals surface area contributed by atoms with Crippen LogP contribution in [0.5, 0.6) is 11.5 Å². The van der Waals surface area contributed by atoms with Crippen LogP contribution < -0.4 is 42.5 Å². The largest absolute Gasteiger partial charge is 0.508 e. The van der Waals surface area contributed by atoms with E-state index in [1.54, 1.807) is 84.0 Å². The van der Waals surface area contributed by atoms with Gasteiger partial charge in [0.05, 0.1) is 12.2 Å². The Hall–Kier alpha value is -7.06. The van der Waals surface area contributed by atoms with Gasteiger partial charge in [0.25, 0.3) is 0 Å². The summed E-state index contributed by atoms with van der Waals surface area (Å²) >= 11 is 0. The second kappa shape index (κ2) is 27.0. The van der Waals surface area contributed by atoms with Crippen molar-refractivity contribution in [1.29, 1.82) is 0 Å². The topological polar surface area (TPSA) is 314 Å². The number of phenolic OH excluding ortho intramolecular Hbond substituents is 2. The van der Waals surface area contributed by atoms with Crippen LogP contribution in [0, 0.1) is 17.8 Å². The van der Waals surface area contributed by atoms with Gasteiger partial charge in [-0.3, -0.25) is 38.4 Å². The van der Waals surface area contributed by atoms with Gasteiger partial charge in [-0.05, 0) is 79.0 Å². The molecule has 1 aliphatic heterocycles. The van der Waals surface area contributed by atoms with Crippen molar-refractivity contribution in [3.8, 4) is 11.5 Å². The minimum atomic E-state index is -1.74. The quantitative estimate of drug-likeness (QED) is 0.112. The zero-order valence-corrected chi connectivity index (χ0v) is 42.1. The first kappa shape index (κ1) is 57.5. The predicted molar refractivity (Wildman–Crippen MR) is 266 cm³/mol. The molecular weight excluding hydrogens is 929 g/mol. The first-order chi connectivity index (χ1) is 34.0. The minimum absolute atomic E-state index is 0.0519. The van der Waals surface area contributed by atoms with Crippen LogP contribution in [0.2, 0.25) is 0 Å². The Morgan fingerprint density at radius 1 is 0.444 bits per heavy atom. The van der Waals surface area contributed by atoms with Crippen molar-refractivity contribution in [2.45, 2.75) is 148 Å². The third kappa shape index (κ3) is 17.1. The number of aliphatic hydroxyl groups is 2. The van der Waals surface area contributed by atoms with E-state index in [-0.39, 0.29) is 43.1 Å². The summed E-state index contributed by atoms with van der Waals surface area (Å²) in [6.45, 7) is 12.8. The van der Waals surface area contributed by atoms with Crippen LogP contribution >= 0.6 is 0 Å². The summed E-state index contributed by atoms with van der Waals surface area (Å²) in [5.74, 6) is -8.72. The number of hydrogen-bond donors (Lipinski definition) is 12. The Labute approximate surface area is 420 Å². The van der Waals surface area contributed by atoms with Crippen LogP contribution in [0.4, 0.5) is 0 Å². The van der Waals surface area contributed by atoms with E-state index < -0.39 is 120 Å². The third-order valence-corrected chi connectivity index (χ3v) is 12.5. The number of rotatable bonds is 13. The van der Waals surface area contributed by atoms with E-state index in [0.29, 0.717) is 23.1 Å². The van der Waals surface area contributed by atoms with E-state index >= 15 is 0 Å². The molecule has 20 nitrogen and oxygen atoms in total. The number of benzene rings is 3. The van der Waals surface area contributed by atoms with Crippen LogP contribution in [-0.2, 0) is 57.6 Å². The van der Waals surface area contributed by atoms with Crippen molar-refractivity contribution in [3.05, 3.63) is 95.6 Å². The number of nitrogens with one attached hydrogen (secondary N) is 8. The number of carbonyl (C=O) groups excluding carboxylic acids is 8. The maximum absolute atomic E-state index is 14.6. The summed E-state index contributed by atoms with van der Waals surface area (Å²) in [6, 6.07) is 8.52. The predicted octanol–water partition coefficient (Wildman–Crippen LogP) is 0.528. The molecule has 1 fully saturated rings.